The van der Waals surface area contributed by atoms with Gasteiger partial charge in [0.2, 0.25) is 0 Å². The molecule has 0 fully saturated rings. The molecule has 19 heavy (non-hydrogen) atoms. The molecule has 0 saturated heterocycles. The van der Waals surface area contributed by atoms with E-state index in [1.807, 2.05) is 61.6 Å². The first-order valence-corrected chi connectivity index (χ1v) is 6.78. The summed E-state index contributed by atoms with van der Waals surface area (Å²) in [7, 11) is 1.94. The number of nitrogens with one attached hydrogen (secondary N) is 1. The number of para-hydroxylation sites is 1. The van der Waals surface area contributed by atoms with Crippen molar-refractivity contribution in [2.24, 2.45) is 0 Å². The zero-order chi connectivity index (χ0) is 13.5. The van der Waals surface area contributed by atoms with Crippen LogP contribution in [0.4, 0.5) is 0 Å². The van der Waals surface area contributed by atoms with Gasteiger partial charge < -0.3 is 10.1 Å². The van der Waals surface area contributed by atoms with E-state index in [1.165, 1.54) is 0 Å². The summed E-state index contributed by atoms with van der Waals surface area (Å²) < 4.78 is 5.72. The molecule has 2 rings (SSSR count). The third-order valence-electron chi connectivity index (χ3n) is 3.05. The van der Waals surface area contributed by atoms with Crippen molar-refractivity contribution in [1.29, 1.82) is 0 Å². The van der Waals surface area contributed by atoms with Crippen LogP contribution in [0.15, 0.2) is 54.6 Å². The molecule has 2 nitrogen and oxygen atoms in total. The smallest absolute Gasteiger partial charge is 0.119 e. The van der Waals surface area contributed by atoms with Crippen LogP contribution < -0.4 is 10.1 Å². The van der Waals surface area contributed by atoms with E-state index in [1.54, 1.807) is 0 Å². The fourth-order valence-electron chi connectivity index (χ4n) is 2.02. The second-order valence-electron chi connectivity index (χ2n) is 4.31. The summed E-state index contributed by atoms with van der Waals surface area (Å²) in [5, 5.41) is 4.07. The summed E-state index contributed by atoms with van der Waals surface area (Å²) in [5.74, 6) is 0.900. The summed E-state index contributed by atoms with van der Waals surface area (Å²) in [4.78, 5) is 0. The number of ether oxygens (including phenoxy) is 1. The highest BCUT2D eigenvalue weighted by molar-refractivity contribution is 6.31. The molecule has 0 saturated carbocycles. The highest BCUT2D eigenvalue weighted by Crippen LogP contribution is 2.24. The Hall–Kier alpha value is -1.51. The monoisotopic (exact) mass is 275 g/mol. The minimum Gasteiger partial charge on any atom is -0.494 e. The fraction of sp³-hybridized carbons (Fsp3) is 0.250. The van der Waals surface area contributed by atoms with Gasteiger partial charge in [-0.25, -0.2) is 0 Å². The summed E-state index contributed by atoms with van der Waals surface area (Å²) in [6, 6.07) is 18.0. The van der Waals surface area contributed by atoms with E-state index in [-0.39, 0.29) is 6.04 Å². The van der Waals surface area contributed by atoms with Gasteiger partial charge in [-0.15, -0.1) is 0 Å². The van der Waals surface area contributed by atoms with Crippen LogP contribution in [0.3, 0.4) is 0 Å². The maximum Gasteiger partial charge on any atom is 0.119 e. The average molecular weight is 276 g/mol. The molecule has 2 aromatic carbocycles. The number of benzene rings is 2. The van der Waals surface area contributed by atoms with Crippen LogP contribution in [-0.4, -0.2) is 13.7 Å². The van der Waals surface area contributed by atoms with Crippen LogP contribution in [0.25, 0.3) is 0 Å². The average Bonchev–Trinajstić information content (AvgIpc) is 2.46. The van der Waals surface area contributed by atoms with Crippen LogP contribution >= 0.6 is 11.6 Å². The number of hydrogen-bond donors (Lipinski definition) is 1. The Bertz CT molecular complexity index is 501. The van der Waals surface area contributed by atoms with Crippen molar-refractivity contribution in [1.82, 2.24) is 5.32 Å². The molecule has 3 heteroatoms. The zero-order valence-electron chi connectivity index (χ0n) is 11.0. The normalized spacial score (nSPS) is 12.1. The van der Waals surface area contributed by atoms with Crippen molar-refractivity contribution in [2.75, 3.05) is 13.7 Å². The van der Waals surface area contributed by atoms with Gasteiger partial charge >= 0.3 is 0 Å². The van der Waals surface area contributed by atoms with Gasteiger partial charge in [-0.3, -0.25) is 0 Å². The maximum atomic E-state index is 6.21. The van der Waals surface area contributed by atoms with Crippen molar-refractivity contribution in [3.8, 4) is 5.75 Å². The molecule has 0 amide bonds. The first kappa shape index (κ1) is 13.9. The predicted octanol–water partition coefficient (Wildman–Crippen LogP) is 4.07. The lowest BCUT2D eigenvalue weighted by molar-refractivity contribution is 0.290. The summed E-state index contributed by atoms with van der Waals surface area (Å²) >= 11 is 6.21. The molecule has 2 aromatic rings. The number of hydrogen-bond acceptors (Lipinski definition) is 2. The molecule has 0 bridgehead atoms. The second-order valence-corrected chi connectivity index (χ2v) is 4.72. The van der Waals surface area contributed by atoms with E-state index in [0.717, 1.165) is 22.8 Å². The summed E-state index contributed by atoms with van der Waals surface area (Å²) in [6.45, 7) is 0.654. The molecule has 1 N–H and O–H groups in total. The van der Waals surface area contributed by atoms with E-state index in [4.69, 9.17) is 16.3 Å². The van der Waals surface area contributed by atoms with E-state index < -0.39 is 0 Å². The number of rotatable bonds is 6. The quantitative estimate of drug-likeness (QED) is 0.858. The molecule has 0 radical (unpaired) electrons. The van der Waals surface area contributed by atoms with Crippen molar-refractivity contribution in [3.63, 3.8) is 0 Å². The maximum absolute atomic E-state index is 6.21. The van der Waals surface area contributed by atoms with Gasteiger partial charge in [0.05, 0.1) is 6.61 Å². The van der Waals surface area contributed by atoms with Crippen molar-refractivity contribution in [3.05, 3.63) is 65.2 Å². The van der Waals surface area contributed by atoms with E-state index in [2.05, 4.69) is 5.32 Å². The molecule has 0 aliphatic rings. The zero-order valence-corrected chi connectivity index (χ0v) is 11.7. The molecular weight excluding hydrogens is 258 g/mol. The minimum absolute atomic E-state index is 0.206. The Balaban J connectivity index is 1.92. The van der Waals surface area contributed by atoms with Crippen LogP contribution in [0.2, 0.25) is 5.02 Å². The molecule has 1 unspecified atom stereocenters. The Labute approximate surface area is 119 Å². The van der Waals surface area contributed by atoms with Crippen LogP contribution in [0, 0.1) is 0 Å². The van der Waals surface area contributed by atoms with Crippen molar-refractivity contribution < 1.29 is 4.74 Å². The first-order chi connectivity index (χ1) is 9.31. The Morgan fingerprint density at radius 1 is 1.05 bits per heavy atom. The topological polar surface area (TPSA) is 21.3 Å². The van der Waals surface area contributed by atoms with Gasteiger partial charge in [-0.1, -0.05) is 48.0 Å². The fourth-order valence-corrected chi connectivity index (χ4v) is 2.29. The van der Waals surface area contributed by atoms with Gasteiger partial charge in [-0.05, 0) is 30.8 Å². The van der Waals surface area contributed by atoms with Crippen LogP contribution in [0.1, 0.15) is 18.0 Å². The Morgan fingerprint density at radius 3 is 2.42 bits per heavy atom. The summed E-state index contributed by atoms with van der Waals surface area (Å²) in [6.07, 6.45) is 0.870. The molecule has 0 aliphatic heterocycles. The van der Waals surface area contributed by atoms with Gasteiger partial charge in [-0.2, -0.15) is 0 Å². The predicted molar refractivity (Wildman–Crippen MR) is 79.8 cm³/mol. The molecule has 0 aliphatic carbocycles. The standard InChI is InChI=1S/C16H18ClNO/c1-18-16(14-9-5-6-10-15(14)17)11-12-19-13-7-3-2-4-8-13/h2-10,16,18H,11-12H2,1H3. The van der Waals surface area contributed by atoms with E-state index in [0.29, 0.717) is 6.61 Å². The minimum atomic E-state index is 0.206. The van der Waals surface area contributed by atoms with Gasteiger partial charge in [0.25, 0.3) is 0 Å². The lowest BCUT2D eigenvalue weighted by Crippen LogP contribution is -2.19. The van der Waals surface area contributed by atoms with Crippen molar-refractivity contribution in [2.45, 2.75) is 12.5 Å². The molecule has 0 aromatic heterocycles. The Kier molecular flexibility index (Phi) is 5.25. The lowest BCUT2D eigenvalue weighted by atomic mass is 10.0. The van der Waals surface area contributed by atoms with Crippen molar-refractivity contribution >= 4 is 11.6 Å². The molecule has 100 valence electrons. The van der Waals surface area contributed by atoms with Crippen LogP contribution in [-0.2, 0) is 0 Å². The SMILES string of the molecule is CNC(CCOc1ccccc1)c1ccccc1Cl. The van der Waals surface area contributed by atoms with Gasteiger partial charge in [0.15, 0.2) is 0 Å². The van der Waals surface area contributed by atoms with E-state index >= 15 is 0 Å². The molecule has 0 heterocycles. The van der Waals surface area contributed by atoms with Crippen LogP contribution in [0.5, 0.6) is 5.75 Å². The molecular formula is C16H18ClNO. The third kappa shape index (κ3) is 3.98. The highest BCUT2D eigenvalue weighted by Gasteiger charge is 2.12. The van der Waals surface area contributed by atoms with Gasteiger partial charge in [0, 0.05) is 17.5 Å². The highest BCUT2D eigenvalue weighted by atomic mass is 35.5. The molecule has 1 atom stereocenters. The lowest BCUT2D eigenvalue weighted by Gasteiger charge is -2.18. The second kappa shape index (κ2) is 7.17. The third-order valence-corrected chi connectivity index (χ3v) is 3.39. The largest absolute Gasteiger partial charge is 0.494 e. The van der Waals surface area contributed by atoms with E-state index in [9.17, 15) is 0 Å². The van der Waals surface area contributed by atoms with Gasteiger partial charge in [0.1, 0.15) is 5.75 Å². The number of halogens is 1. The molecule has 0 spiro atoms. The first-order valence-electron chi connectivity index (χ1n) is 6.41. The Morgan fingerprint density at radius 2 is 1.74 bits per heavy atom. The summed E-state index contributed by atoms with van der Waals surface area (Å²) in [5.41, 5.74) is 1.11.